The number of unbranched alkanes of at least 4 members (excludes halogenated alkanes) is 20. The van der Waals surface area contributed by atoms with Gasteiger partial charge in [-0.25, -0.2) is 0 Å². The highest BCUT2D eigenvalue weighted by Crippen LogP contribution is 2.16. The molecular weight excluding hydrogens is 553 g/mol. The van der Waals surface area contributed by atoms with E-state index in [-0.39, 0.29) is 0 Å². The first-order valence-corrected chi connectivity index (χ1v) is 20.0. The minimum atomic E-state index is 0.881. The van der Waals surface area contributed by atoms with Crippen molar-refractivity contribution >= 4 is 12.2 Å². The van der Waals surface area contributed by atoms with Gasteiger partial charge in [-0.15, -0.1) is 0 Å². The number of hydrogen-bond donors (Lipinski definition) is 0. The van der Waals surface area contributed by atoms with Crippen molar-refractivity contribution in [2.75, 3.05) is 0 Å². The van der Waals surface area contributed by atoms with Crippen LogP contribution in [0.15, 0.2) is 72.8 Å². The minimum absolute atomic E-state index is 0.881. The van der Waals surface area contributed by atoms with Gasteiger partial charge in [0.2, 0.25) is 0 Å². The molecule has 0 saturated heterocycles. The maximum atomic E-state index is 2.34. The van der Waals surface area contributed by atoms with Gasteiger partial charge in [0.1, 0.15) is 0 Å². The molecule has 0 unspecified atom stereocenters. The Balaban J connectivity index is 0.000000476. The molecule has 0 aromatic heterocycles. The van der Waals surface area contributed by atoms with Gasteiger partial charge in [-0.1, -0.05) is 241 Å². The zero-order valence-electron chi connectivity index (χ0n) is 31.2. The lowest BCUT2D eigenvalue weighted by atomic mass is 10.0. The van der Waals surface area contributed by atoms with Crippen LogP contribution in [-0.2, 0) is 0 Å². The summed E-state index contributed by atoms with van der Waals surface area (Å²) < 4.78 is 0. The molecule has 0 radical (unpaired) electrons. The number of allylic oxidation sites excluding steroid dienone is 2. The second-order valence-electron chi connectivity index (χ2n) is 14.6. The molecular formula is C46H76. The zero-order chi connectivity index (χ0) is 33.2. The van der Waals surface area contributed by atoms with Gasteiger partial charge in [-0.2, -0.15) is 0 Å². The Morgan fingerprint density at radius 2 is 0.609 bits per heavy atom. The van der Waals surface area contributed by atoms with E-state index in [1.807, 2.05) is 0 Å². The van der Waals surface area contributed by atoms with Crippen molar-refractivity contribution in [1.82, 2.24) is 0 Å². The summed E-state index contributed by atoms with van der Waals surface area (Å²) in [6.07, 6.45) is 43.1. The number of rotatable bonds is 28. The van der Waals surface area contributed by atoms with E-state index in [2.05, 4.69) is 113 Å². The fourth-order valence-electron chi connectivity index (χ4n) is 6.03. The molecule has 0 N–H and O–H groups in total. The summed E-state index contributed by atoms with van der Waals surface area (Å²) in [5.41, 5.74) is 2.64. The fraction of sp³-hybridized carbons (Fsp3) is 0.652. The first kappa shape index (κ1) is 41.9. The Hall–Kier alpha value is -2.08. The molecule has 0 aliphatic carbocycles. The summed E-state index contributed by atoms with van der Waals surface area (Å²) in [7, 11) is 0. The number of hydrogen-bond acceptors (Lipinski definition) is 0. The van der Waals surface area contributed by atoms with Gasteiger partial charge >= 0.3 is 0 Å². The highest BCUT2D eigenvalue weighted by molar-refractivity contribution is 5.49. The standard InChI is InChI=1S/C26H44.C20H32/c1-25(2)21-17-14-12-10-8-6-4-3-5-7-9-11-13-15-18-22-26-23-19-16-20-24-26;1-19(2)15-11-8-6-4-3-5-7-9-12-16-20-17-13-10-14-18-20/h16,18-20,22-25H,3-15,17,21H2,1-2H3;10,12-14,16-19H,3-9,11,15H2,1-2H3. The van der Waals surface area contributed by atoms with Gasteiger partial charge in [0.15, 0.2) is 0 Å². The van der Waals surface area contributed by atoms with E-state index in [1.165, 1.54) is 165 Å². The maximum absolute atomic E-state index is 2.34. The van der Waals surface area contributed by atoms with Crippen molar-refractivity contribution in [2.24, 2.45) is 11.8 Å². The van der Waals surface area contributed by atoms with Crippen LogP contribution >= 0.6 is 0 Å². The Morgan fingerprint density at radius 3 is 0.891 bits per heavy atom. The van der Waals surface area contributed by atoms with E-state index in [9.17, 15) is 0 Å². The van der Waals surface area contributed by atoms with Gasteiger partial charge in [0.05, 0.1) is 0 Å². The van der Waals surface area contributed by atoms with Crippen LogP contribution in [0.4, 0.5) is 0 Å². The lowest BCUT2D eigenvalue weighted by Gasteiger charge is -2.04. The van der Waals surface area contributed by atoms with Crippen molar-refractivity contribution in [2.45, 2.75) is 182 Å². The molecule has 46 heavy (non-hydrogen) atoms. The molecule has 0 bridgehead atoms. The van der Waals surface area contributed by atoms with Crippen LogP contribution in [0.5, 0.6) is 0 Å². The molecule has 0 saturated carbocycles. The van der Waals surface area contributed by atoms with Crippen molar-refractivity contribution in [1.29, 1.82) is 0 Å². The van der Waals surface area contributed by atoms with Crippen molar-refractivity contribution in [3.05, 3.63) is 83.9 Å². The van der Waals surface area contributed by atoms with Crippen LogP contribution in [-0.4, -0.2) is 0 Å². The van der Waals surface area contributed by atoms with E-state index in [0.29, 0.717) is 0 Å². The first-order valence-electron chi connectivity index (χ1n) is 20.0. The molecule has 0 amide bonds. The molecule has 2 aromatic carbocycles. The third kappa shape index (κ3) is 30.6. The van der Waals surface area contributed by atoms with Crippen LogP contribution in [0.1, 0.15) is 193 Å². The van der Waals surface area contributed by atoms with Crippen molar-refractivity contribution in [3.8, 4) is 0 Å². The molecule has 0 aliphatic rings. The van der Waals surface area contributed by atoms with Crippen LogP contribution < -0.4 is 0 Å². The Kier molecular flexibility index (Phi) is 29.9. The zero-order valence-corrected chi connectivity index (χ0v) is 31.2. The molecule has 0 spiro atoms. The van der Waals surface area contributed by atoms with Gasteiger partial charge in [-0.05, 0) is 48.6 Å². The van der Waals surface area contributed by atoms with E-state index < -0.39 is 0 Å². The van der Waals surface area contributed by atoms with E-state index in [4.69, 9.17) is 0 Å². The lowest BCUT2D eigenvalue weighted by molar-refractivity contribution is 0.503. The monoisotopic (exact) mass is 629 g/mol. The number of benzene rings is 2. The van der Waals surface area contributed by atoms with E-state index in [0.717, 1.165) is 11.8 Å². The smallest absolute Gasteiger partial charge is 0.0260 e. The minimum Gasteiger partial charge on any atom is -0.0839 e. The first-order chi connectivity index (χ1) is 22.6. The second kappa shape index (κ2) is 32.8. The summed E-state index contributed by atoms with van der Waals surface area (Å²) in [4.78, 5) is 0. The van der Waals surface area contributed by atoms with E-state index >= 15 is 0 Å². The largest absolute Gasteiger partial charge is 0.0839 e. The van der Waals surface area contributed by atoms with Crippen molar-refractivity contribution in [3.63, 3.8) is 0 Å². The van der Waals surface area contributed by atoms with Crippen LogP contribution in [0.25, 0.3) is 12.2 Å². The quantitative estimate of drug-likeness (QED) is 0.0822. The molecule has 0 nitrogen and oxygen atoms in total. The molecule has 0 atom stereocenters. The molecule has 260 valence electrons. The SMILES string of the molecule is CC(C)CCCCCCCCCC=Cc1ccccc1.CC(C)CCCCCCCCCCCCCCCC=Cc1ccccc1. The predicted molar refractivity (Wildman–Crippen MR) is 211 cm³/mol. The topological polar surface area (TPSA) is 0 Å². The normalized spacial score (nSPS) is 11.6. The van der Waals surface area contributed by atoms with Crippen LogP contribution in [0.2, 0.25) is 0 Å². The Bertz CT molecular complexity index is 904. The molecule has 0 heterocycles. The Labute approximate surface area is 289 Å². The third-order valence-corrected chi connectivity index (χ3v) is 9.02. The highest BCUT2D eigenvalue weighted by Gasteiger charge is 1.97. The average molecular weight is 629 g/mol. The van der Waals surface area contributed by atoms with Crippen LogP contribution in [0.3, 0.4) is 0 Å². The summed E-state index contributed by atoms with van der Waals surface area (Å²) in [5, 5.41) is 0. The van der Waals surface area contributed by atoms with Gasteiger partial charge in [0.25, 0.3) is 0 Å². The average Bonchev–Trinajstić information content (AvgIpc) is 3.06. The molecule has 2 rings (SSSR count). The maximum Gasteiger partial charge on any atom is -0.0260 e. The summed E-state index contributed by atoms with van der Waals surface area (Å²) in [5.74, 6) is 1.77. The van der Waals surface area contributed by atoms with E-state index in [1.54, 1.807) is 0 Å². The highest BCUT2D eigenvalue weighted by atomic mass is 14.0. The summed E-state index contributed by atoms with van der Waals surface area (Å²) in [6.45, 7) is 9.32. The van der Waals surface area contributed by atoms with Gasteiger partial charge in [0, 0.05) is 0 Å². The van der Waals surface area contributed by atoms with Gasteiger partial charge in [-0.3, -0.25) is 0 Å². The molecule has 0 aliphatic heterocycles. The fourth-order valence-corrected chi connectivity index (χ4v) is 6.03. The van der Waals surface area contributed by atoms with Crippen molar-refractivity contribution < 1.29 is 0 Å². The Morgan fingerprint density at radius 1 is 0.348 bits per heavy atom. The van der Waals surface area contributed by atoms with Crippen LogP contribution in [0, 0.1) is 11.8 Å². The second-order valence-corrected chi connectivity index (χ2v) is 14.6. The lowest BCUT2D eigenvalue weighted by Crippen LogP contribution is -1.87. The van der Waals surface area contributed by atoms with Gasteiger partial charge < -0.3 is 0 Å². The molecule has 2 aromatic rings. The third-order valence-electron chi connectivity index (χ3n) is 9.02. The summed E-state index contributed by atoms with van der Waals surface area (Å²) >= 11 is 0. The molecule has 0 fully saturated rings. The predicted octanol–water partition coefficient (Wildman–Crippen LogP) is 16.1. The summed E-state index contributed by atoms with van der Waals surface area (Å²) in [6, 6.07) is 21.2. The molecule has 0 heteroatoms.